The Labute approximate surface area is 169 Å². The molecule has 4 rings (SSSR count). The molecule has 1 amide bonds. The third kappa shape index (κ3) is 4.45. The van der Waals surface area contributed by atoms with Crippen LogP contribution < -0.4 is 10.6 Å². The van der Waals surface area contributed by atoms with Crippen LogP contribution >= 0.6 is 11.3 Å². The molecule has 0 radical (unpaired) electrons. The van der Waals surface area contributed by atoms with Crippen LogP contribution in [0, 0.1) is 0 Å². The summed E-state index contributed by atoms with van der Waals surface area (Å²) >= 11 is 1.79. The van der Waals surface area contributed by atoms with Crippen LogP contribution in [0.3, 0.4) is 0 Å². The molecule has 1 fully saturated rings. The van der Waals surface area contributed by atoms with Crippen molar-refractivity contribution >= 4 is 33.3 Å². The van der Waals surface area contributed by atoms with Gasteiger partial charge in [-0.25, -0.2) is 9.97 Å². The van der Waals surface area contributed by atoms with Gasteiger partial charge in [-0.3, -0.25) is 9.69 Å². The van der Waals surface area contributed by atoms with Crippen molar-refractivity contribution in [3.8, 4) is 0 Å². The zero-order valence-electron chi connectivity index (χ0n) is 16.9. The number of ether oxygens (including phenoxy) is 1. The molecule has 1 aliphatic carbocycles. The largest absolute Gasteiger partial charge is 0.379 e. The molecule has 1 saturated heterocycles. The van der Waals surface area contributed by atoms with Crippen molar-refractivity contribution in [3.05, 3.63) is 16.3 Å². The van der Waals surface area contributed by atoms with E-state index in [0.29, 0.717) is 6.54 Å². The van der Waals surface area contributed by atoms with Crippen LogP contribution in [0.5, 0.6) is 0 Å². The molecule has 2 aromatic heterocycles. The average molecular weight is 404 g/mol. The number of hydrogen-bond donors (Lipinski definition) is 2. The number of carbonyl (C=O) groups excluding carboxylic acids is 1. The number of hydrogen-bond acceptors (Lipinski definition) is 7. The van der Waals surface area contributed by atoms with Gasteiger partial charge in [-0.05, 0) is 45.6 Å². The zero-order chi connectivity index (χ0) is 19.7. The molecule has 0 aromatic carbocycles. The fourth-order valence-corrected chi connectivity index (χ4v) is 5.10. The van der Waals surface area contributed by atoms with E-state index in [4.69, 9.17) is 14.7 Å². The first kappa shape index (κ1) is 19.5. The van der Waals surface area contributed by atoms with Crippen LogP contribution in [0.25, 0.3) is 10.2 Å². The second kappa shape index (κ2) is 7.93. The number of morpholine rings is 1. The van der Waals surface area contributed by atoms with Gasteiger partial charge in [0.05, 0.1) is 31.7 Å². The Morgan fingerprint density at radius 1 is 1.21 bits per heavy atom. The summed E-state index contributed by atoms with van der Waals surface area (Å²) < 4.78 is 5.44. The Bertz CT molecular complexity index is 868. The molecule has 1 aliphatic heterocycles. The minimum absolute atomic E-state index is 0.0270. The van der Waals surface area contributed by atoms with Gasteiger partial charge in [0.2, 0.25) is 5.91 Å². The van der Waals surface area contributed by atoms with E-state index >= 15 is 0 Å². The highest BCUT2D eigenvalue weighted by Gasteiger charge is 2.24. The van der Waals surface area contributed by atoms with E-state index in [2.05, 4.69) is 15.5 Å². The molecule has 0 bridgehead atoms. The highest BCUT2D eigenvalue weighted by atomic mass is 32.1. The SMILES string of the molecule is CC(C)(C)NC(=O)CNc1nc(CN2CCOCC2)nc2sc3c(c12)CCC3. The molecule has 0 unspecified atom stereocenters. The fourth-order valence-electron chi connectivity index (χ4n) is 3.82. The van der Waals surface area contributed by atoms with Gasteiger partial charge < -0.3 is 15.4 Å². The zero-order valence-corrected chi connectivity index (χ0v) is 17.7. The molecule has 28 heavy (non-hydrogen) atoms. The number of aryl methyl sites for hydroxylation is 2. The first-order valence-electron chi connectivity index (χ1n) is 10.1. The Hall–Kier alpha value is -1.77. The predicted octanol–water partition coefficient (Wildman–Crippen LogP) is 2.34. The smallest absolute Gasteiger partial charge is 0.239 e. The molecule has 2 N–H and O–H groups in total. The van der Waals surface area contributed by atoms with Crippen LogP contribution in [0.15, 0.2) is 0 Å². The minimum Gasteiger partial charge on any atom is -0.379 e. The highest BCUT2D eigenvalue weighted by molar-refractivity contribution is 7.19. The minimum atomic E-state index is -0.245. The maximum Gasteiger partial charge on any atom is 0.239 e. The number of carbonyl (C=O) groups is 1. The van der Waals surface area contributed by atoms with E-state index in [0.717, 1.165) is 61.0 Å². The molecule has 0 saturated carbocycles. The standard InChI is InChI=1S/C20H29N5O2S/c1-20(2,3)24-16(26)11-21-18-17-13-5-4-6-14(13)28-19(17)23-15(22-18)12-25-7-9-27-10-8-25/h4-12H2,1-3H3,(H,24,26)(H,21,22,23). The maximum absolute atomic E-state index is 12.3. The topological polar surface area (TPSA) is 79.4 Å². The summed E-state index contributed by atoms with van der Waals surface area (Å²) in [6.07, 6.45) is 3.39. The van der Waals surface area contributed by atoms with Gasteiger partial charge >= 0.3 is 0 Å². The van der Waals surface area contributed by atoms with Crippen LogP contribution in [0.2, 0.25) is 0 Å². The van der Waals surface area contributed by atoms with Gasteiger partial charge in [-0.15, -0.1) is 11.3 Å². The molecule has 8 heteroatoms. The third-order valence-corrected chi connectivity index (χ3v) is 6.20. The number of rotatable bonds is 5. The molecular weight excluding hydrogens is 374 g/mol. The highest BCUT2D eigenvalue weighted by Crippen LogP contribution is 2.39. The molecule has 0 atom stereocenters. The summed E-state index contributed by atoms with van der Waals surface area (Å²) in [5.74, 6) is 1.59. The van der Waals surface area contributed by atoms with Gasteiger partial charge in [-0.1, -0.05) is 0 Å². The van der Waals surface area contributed by atoms with Crippen molar-refractivity contribution in [1.82, 2.24) is 20.2 Å². The number of fused-ring (bicyclic) bond motifs is 3. The van der Waals surface area contributed by atoms with Gasteiger partial charge in [-0.2, -0.15) is 0 Å². The Morgan fingerprint density at radius 2 is 2.00 bits per heavy atom. The number of nitrogens with zero attached hydrogens (tertiary/aromatic N) is 3. The summed E-state index contributed by atoms with van der Waals surface area (Å²) in [7, 11) is 0. The third-order valence-electron chi connectivity index (χ3n) is 5.01. The molecule has 0 spiro atoms. The van der Waals surface area contributed by atoms with Crippen LogP contribution in [-0.4, -0.2) is 59.2 Å². The lowest BCUT2D eigenvalue weighted by molar-refractivity contribution is -0.120. The molecular formula is C20H29N5O2S. The first-order valence-corrected chi connectivity index (χ1v) is 10.9. The van der Waals surface area contributed by atoms with Gasteiger partial charge in [0.25, 0.3) is 0 Å². The lowest BCUT2D eigenvalue weighted by atomic mass is 10.1. The summed E-state index contributed by atoms with van der Waals surface area (Å²) in [6, 6.07) is 0. The van der Waals surface area contributed by atoms with E-state index in [-0.39, 0.29) is 18.0 Å². The Morgan fingerprint density at radius 3 is 2.75 bits per heavy atom. The first-order chi connectivity index (χ1) is 13.4. The van der Waals surface area contributed by atoms with E-state index in [1.165, 1.54) is 16.9 Å². The van der Waals surface area contributed by atoms with Crippen molar-refractivity contribution in [2.45, 2.75) is 52.1 Å². The molecule has 3 heterocycles. The average Bonchev–Trinajstić information content (AvgIpc) is 3.20. The van der Waals surface area contributed by atoms with E-state index in [1.807, 2.05) is 20.8 Å². The van der Waals surface area contributed by atoms with Crippen LogP contribution in [-0.2, 0) is 28.9 Å². The van der Waals surface area contributed by atoms with Crippen molar-refractivity contribution in [2.75, 3.05) is 38.2 Å². The van der Waals surface area contributed by atoms with Crippen LogP contribution in [0.4, 0.5) is 5.82 Å². The number of nitrogens with one attached hydrogen (secondary N) is 2. The lowest BCUT2D eigenvalue weighted by Crippen LogP contribution is -2.43. The monoisotopic (exact) mass is 403 g/mol. The van der Waals surface area contributed by atoms with Crippen molar-refractivity contribution in [2.24, 2.45) is 0 Å². The predicted molar refractivity (Wildman–Crippen MR) is 112 cm³/mol. The number of aromatic nitrogens is 2. The summed E-state index contributed by atoms with van der Waals surface area (Å²) in [4.78, 5) is 26.8. The summed E-state index contributed by atoms with van der Waals surface area (Å²) in [5.41, 5.74) is 1.13. The summed E-state index contributed by atoms with van der Waals surface area (Å²) in [6.45, 7) is 10.2. The number of amides is 1. The fraction of sp³-hybridized carbons (Fsp3) is 0.650. The molecule has 2 aromatic rings. The molecule has 152 valence electrons. The van der Waals surface area contributed by atoms with E-state index < -0.39 is 0 Å². The number of thiophene rings is 1. The van der Waals surface area contributed by atoms with Crippen molar-refractivity contribution in [3.63, 3.8) is 0 Å². The second-order valence-electron chi connectivity index (χ2n) is 8.57. The quantitative estimate of drug-likeness (QED) is 0.798. The van der Waals surface area contributed by atoms with Gasteiger partial charge in [0, 0.05) is 23.5 Å². The van der Waals surface area contributed by atoms with Gasteiger partial charge in [0.15, 0.2) is 0 Å². The lowest BCUT2D eigenvalue weighted by Gasteiger charge is -2.26. The second-order valence-corrected chi connectivity index (χ2v) is 9.65. The Balaban J connectivity index is 1.59. The Kier molecular flexibility index (Phi) is 5.53. The maximum atomic E-state index is 12.3. The van der Waals surface area contributed by atoms with Crippen LogP contribution in [0.1, 0.15) is 43.5 Å². The van der Waals surface area contributed by atoms with Crippen molar-refractivity contribution < 1.29 is 9.53 Å². The molecule has 2 aliphatic rings. The van der Waals surface area contributed by atoms with Crippen molar-refractivity contribution in [1.29, 1.82) is 0 Å². The normalized spacial score (nSPS) is 17.7. The molecule has 7 nitrogen and oxygen atoms in total. The van der Waals surface area contributed by atoms with E-state index in [9.17, 15) is 4.79 Å². The number of anilines is 1. The van der Waals surface area contributed by atoms with E-state index in [1.54, 1.807) is 11.3 Å². The van der Waals surface area contributed by atoms with Gasteiger partial charge in [0.1, 0.15) is 16.5 Å². The summed E-state index contributed by atoms with van der Waals surface area (Å²) in [5, 5.41) is 7.42.